The topological polar surface area (TPSA) is 57.6 Å². The van der Waals surface area contributed by atoms with Crippen LogP contribution in [0, 0.1) is 12.8 Å². The van der Waals surface area contributed by atoms with Gasteiger partial charge in [-0.2, -0.15) is 0 Å². The zero-order valence-corrected chi connectivity index (χ0v) is 10.6. The normalized spacial score (nSPS) is 23.1. The molecule has 1 aliphatic rings. The second-order valence-electron chi connectivity index (χ2n) is 4.86. The van der Waals surface area contributed by atoms with E-state index in [9.17, 15) is 14.7 Å². The number of likely N-dealkylation sites (tertiary alicyclic amines) is 1. The monoisotopic (exact) mass is 247 g/mol. The van der Waals surface area contributed by atoms with Gasteiger partial charge in [0.2, 0.25) is 0 Å². The van der Waals surface area contributed by atoms with Crippen LogP contribution in [0.25, 0.3) is 0 Å². The predicted molar refractivity (Wildman–Crippen MR) is 67.4 cm³/mol. The van der Waals surface area contributed by atoms with E-state index in [-0.39, 0.29) is 11.8 Å². The largest absolute Gasteiger partial charge is 0.480 e. The number of aliphatic carboxylic acids is 1. The van der Waals surface area contributed by atoms with Crippen LogP contribution in [0.2, 0.25) is 0 Å². The van der Waals surface area contributed by atoms with Gasteiger partial charge in [0, 0.05) is 12.1 Å². The van der Waals surface area contributed by atoms with Crippen LogP contribution in [-0.4, -0.2) is 34.5 Å². The molecule has 18 heavy (non-hydrogen) atoms. The average molecular weight is 247 g/mol. The van der Waals surface area contributed by atoms with Gasteiger partial charge in [0.15, 0.2) is 0 Å². The first kappa shape index (κ1) is 12.6. The van der Waals surface area contributed by atoms with Crippen molar-refractivity contribution in [2.75, 3.05) is 6.54 Å². The molecule has 96 valence electrons. The highest BCUT2D eigenvalue weighted by Gasteiger charge is 2.39. The zero-order chi connectivity index (χ0) is 13.3. The number of rotatable bonds is 2. The molecule has 4 nitrogen and oxygen atoms in total. The standard InChI is InChI=1S/C14H17NO3/c1-9-5-3-4-6-11(9)13(16)15-8-7-10(2)12(15)14(17)18/h3-6,10,12H,7-8H2,1-2H3,(H,17,18). The van der Waals surface area contributed by atoms with Gasteiger partial charge in [-0.3, -0.25) is 4.79 Å². The van der Waals surface area contributed by atoms with Crippen LogP contribution < -0.4 is 0 Å². The second-order valence-corrected chi connectivity index (χ2v) is 4.86. The Hall–Kier alpha value is -1.84. The summed E-state index contributed by atoms with van der Waals surface area (Å²) in [5.74, 6) is -1.08. The first-order valence-electron chi connectivity index (χ1n) is 6.11. The molecule has 0 radical (unpaired) electrons. The highest BCUT2D eigenvalue weighted by molar-refractivity contribution is 5.98. The SMILES string of the molecule is Cc1ccccc1C(=O)N1CCC(C)C1C(=O)O. The number of carbonyl (C=O) groups is 2. The van der Waals surface area contributed by atoms with Gasteiger partial charge >= 0.3 is 5.97 Å². The first-order valence-corrected chi connectivity index (χ1v) is 6.11. The van der Waals surface area contributed by atoms with Gasteiger partial charge in [0.25, 0.3) is 5.91 Å². The number of aryl methyl sites for hydroxylation is 1. The Balaban J connectivity index is 2.29. The third-order valence-corrected chi connectivity index (χ3v) is 3.59. The van der Waals surface area contributed by atoms with Crippen LogP contribution in [0.1, 0.15) is 29.3 Å². The number of amides is 1. The molecule has 1 aromatic carbocycles. The first-order chi connectivity index (χ1) is 8.52. The maximum atomic E-state index is 12.4. The second kappa shape index (κ2) is 4.80. The zero-order valence-electron chi connectivity index (χ0n) is 10.6. The summed E-state index contributed by atoms with van der Waals surface area (Å²) in [5, 5.41) is 9.23. The minimum Gasteiger partial charge on any atom is -0.480 e. The van der Waals surface area contributed by atoms with Gasteiger partial charge in [-0.25, -0.2) is 4.79 Å². The number of nitrogens with zero attached hydrogens (tertiary/aromatic N) is 1. The summed E-state index contributed by atoms with van der Waals surface area (Å²) in [5.41, 5.74) is 1.48. The number of hydrogen-bond acceptors (Lipinski definition) is 2. The lowest BCUT2D eigenvalue weighted by atomic mass is 10.0. The van der Waals surface area contributed by atoms with Crippen LogP contribution in [0.4, 0.5) is 0 Å². The molecule has 0 bridgehead atoms. The quantitative estimate of drug-likeness (QED) is 0.868. The van der Waals surface area contributed by atoms with Crippen LogP contribution in [-0.2, 0) is 4.79 Å². The average Bonchev–Trinajstić information content (AvgIpc) is 2.71. The number of carbonyl (C=O) groups excluding carboxylic acids is 1. The van der Waals surface area contributed by atoms with Crippen molar-refractivity contribution in [1.29, 1.82) is 0 Å². The van der Waals surface area contributed by atoms with E-state index in [1.54, 1.807) is 12.1 Å². The van der Waals surface area contributed by atoms with E-state index in [1.807, 2.05) is 26.0 Å². The van der Waals surface area contributed by atoms with Crippen molar-refractivity contribution in [1.82, 2.24) is 4.90 Å². The van der Waals surface area contributed by atoms with E-state index in [1.165, 1.54) is 4.90 Å². The molecule has 1 saturated heterocycles. The van der Waals surface area contributed by atoms with Gasteiger partial charge in [0.05, 0.1) is 0 Å². The molecular formula is C14H17NO3. The Morgan fingerprint density at radius 1 is 1.33 bits per heavy atom. The van der Waals surface area contributed by atoms with Crippen LogP contribution in [0.5, 0.6) is 0 Å². The van der Waals surface area contributed by atoms with Crippen molar-refractivity contribution in [3.8, 4) is 0 Å². The lowest BCUT2D eigenvalue weighted by Gasteiger charge is -2.24. The number of benzene rings is 1. The van der Waals surface area contributed by atoms with E-state index in [2.05, 4.69) is 0 Å². The van der Waals surface area contributed by atoms with Gasteiger partial charge < -0.3 is 10.0 Å². The van der Waals surface area contributed by atoms with Crippen molar-refractivity contribution in [2.24, 2.45) is 5.92 Å². The van der Waals surface area contributed by atoms with E-state index < -0.39 is 12.0 Å². The summed E-state index contributed by atoms with van der Waals surface area (Å²) in [6.45, 7) is 4.26. The van der Waals surface area contributed by atoms with Crippen molar-refractivity contribution >= 4 is 11.9 Å². The number of carboxylic acid groups (broad SMARTS) is 1. The molecule has 1 fully saturated rings. The molecule has 1 heterocycles. The summed E-state index contributed by atoms with van der Waals surface area (Å²) in [7, 11) is 0. The Kier molecular flexibility index (Phi) is 3.36. The molecule has 4 heteroatoms. The van der Waals surface area contributed by atoms with Crippen molar-refractivity contribution < 1.29 is 14.7 Å². The summed E-state index contributed by atoms with van der Waals surface area (Å²) in [6, 6.07) is 6.59. The minimum absolute atomic E-state index is 0.00969. The van der Waals surface area contributed by atoms with Gasteiger partial charge in [-0.05, 0) is 30.9 Å². The molecular weight excluding hydrogens is 230 g/mol. The van der Waals surface area contributed by atoms with Crippen molar-refractivity contribution in [3.63, 3.8) is 0 Å². The van der Waals surface area contributed by atoms with Crippen molar-refractivity contribution in [3.05, 3.63) is 35.4 Å². The highest BCUT2D eigenvalue weighted by Crippen LogP contribution is 2.26. The summed E-state index contributed by atoms with van der Waals surface area (Å²) >= 11 is 0. The highest BCUT2D eigenvalue weighted by atomic mass is 16.4. The Morgan fingerprint density at radius 2 is 2.00 bits per heavy atom. The maximum absolute atomic E-state index is 12.4. The van der Waals surface area contributed by atoms with Gasteiger partial charge in [-0.1, -0.05) is 25.1 Å². The minimum atomic E-state index is -0.915. The van der Waals surface area contributed by atoms with Crippen molar-refractivity contribution in [2.45, 2.75) is 26.3 Å². The fourth-order valence-corrected chi connectivity index (χ4v) is 2.52. The summed E-state index contributed by atoms with van der Waals surface area (Å²) in [6.07, 6.45) is 0.745. The molecule has 0 saturated carbocycles. The summed E-state index contributed by atoms with van der Waals surface area (Å²) in [4.78, 5) is 25.1. The molecule has 1 aliphatic heterocycles. The van der Waals surface area contributed by atoms with Gasteiger partial charge in [-0.15, -0.1) is 0 Å². The van der Waals surface area contributed by atoms with Crippen LogP contribution in [0.15, 0.2) is 24.3 Å². The molecule has 1 amide bonds. The van der Waals surface area contributed by atoms with Gasteiger partial charge in [0.1, 0.15) is 6.04 Å². The molecule has 1 aromatic rings. The van der Waals surface area contributed by atoms with Crippen LogP contribution >= 0.6 is 0 Å². The third kappa shape index (κ3) is 2.10. The van der Waals surface area contributed by atoms with E-state index in [0.717, 1.165) is 12.0 Å². The lowest BCUT2D eigenvalue weighted by Crippen LogP contribution is -2.43. The maximum Gasteiger partial charge on any atom is 0.326 e. The predicted octanol–water partition coefficient (Wildman–Crippen LogP) is 1.93. The van der Waals surface area contributed by atoms with E-state index in [4.69, 9.17) is 0 Å². The lowest BCUT2D eigenvalue weighted by molar-refractivity contribution is -0.142. The molecule has 0 aliphatic carbocycles. The number of carboxylic acids is 1. The van der Waals surface area contributed by atoms with E-state index >= 15 is 0 Å². The molecule has 0 spiro atoms. The summed E-state index contributed by atoms with van der Waals surface area (Å²) < 4.78 is 0. The molecule has 0 aromatic heterocycles. The fourth-order valence-electron chi connectivity index (χ4n) is 2.52. The fraction of sp³-hybridized carbons (Fsp3) is 0.429. The van der Waals surface area contributed by atoms with Crippen LogP contribution in [0.3, 0.4) is 0 Å². The molecule has 2 unspecified atom stereocenters. The third-order valence-electron chi connectivity index (χ3n) is 3.59. The number of hydrogen-bond donors (Lipinski definition) is 1. The Morgan fingerprint density at radius 3 is 2.61 bits per heavy atom. The Bertz CT molecular complexity index is 484. The molecule has 2 atom stereocenters. The molecule has 2 rings (SSSR count). The van der Waals surface area contributed by atoms with E-state index in [0.29, 0.717) is 12.1 Å². The molecule has 1 N–H and O–H groups in total. The smallest absolute Gasteiger partial charge is 0.326 e. The Labute approximate surface area is 106 Å².